The largest absolute Gasteiger partial charge is 0.497 e. The number of aromatic nitrogens is 5. The third kappa shape index (κ3) is 4.96. The molecule has 11 heteroatoms. The fourth-order valence-corrected chi connectivity index (χ4v) is 5.17. The molecule has 0 amide bonds. The fraction of sp³-hybridized carbons (Fsp3) is 0.310. The third-order valence-corrected chi connectivity index (χ3v) is 7.24. The number of fused-ring (bicyclic) bond motifs is 2. The first-order valence-electron chi connectivity index (χ1n) is 13.1. The molecule has 1 unspecified atom stereocenters. The molecule has 1 atom stereocenters. The van der Waals surface area contributed by atoms with Gasteiger partial charge in [-0.2, -0.15) is 5.10 Å². The molecular formula is C29H29ClN6O4. The van der Waals surface area contributed by atoms with Crippen LogP contribution < -0.4 is 19.5 Å². The second-order valence-electron chi connectivity index (χ2n) is 9.55. The lowest BCUT2D eigenvalue weighted by atomic mass is 10.1. The van der Waals surface area contributed by atoms with Crippen molar-refractivity contribution >= 4 is 39.2 Å². The predicted molar refractivity (Wildman–Crippen MR) is 153 cm³/mol. The van der Waals surface area contributed by atoms with Crippen molar-refractivity contribution in [1.29, 1.82) is 0 Å². The lowest BCUT2D eigenvalue weighted by Gasteiger charge is -2.23. The van der Waals surface area contributed by atoms with Gasteiger partial charge in [0.25, 0.3) is 0 Å². The molecule has 0 aliphatic carbocycles. The lowest BCUT2D eigenvalue weighted by molar-refractivity contribution is -0.0366. The minimum absolute atomic E-state index is 0.0916. The van der Waals surface area contributed by atoms with E-state index in [1.54, 1.807) is 20.3 Å². The summed E-state index contributed by atoms with van der Waals surface area (Å²) in [5, 5.41) is 9.79. The summed E-state index contributed by atoms with van der Waals surface area (Å²) in [6, 6.07) is 11.4. The van der Waals surface area contributed by atoms with Gasteiger partial charge in [0.2, 0.25) is 5.88 Å². The third-order valence-electron chi connectivity index (χ3n) is 7.05. The first-order valence-corrected chi connectivity index (χ1v) is 13.5. The van der Waals surface area contributed by atoms with E-state index in [0.717, 1.165) is 47.9 Å². The SMILES string of the molecule is COc1ccc(CNc2ncnc3cc(Cl)nc(Oc4c(C)ccc5c4cnn5C4CCCCO4)c23)c(OC)c1. The van der Waals surface area contributed by atoms with Crippen LogP contribution in [0.4, 0.5) is 5.82 Å². The van der Waals surface area contributed by atoms with Crippen LogP contribution >= 0.6 is 11.6 Å². The van der Waals surface area contributed by atoms with E-state index in [-0.39, 0.29) is 11.4 Å². The molecule has 206 valence electrons. The van der Waals surface area contributed by atoms with Crippen LogP contribution in [0.2, 0.25) is 5.15 Å². The van der Waals surface area contributed by atoms with Gasteiger partial charge in [-0.1, -0.05) is 17.7 Å². The average Bonchev–Trinajstić information content (AvgIpc) is 3.42. The van der Waals surface area contributed by atoms with Crippen LogP contribution in [0.1, 0.15) is 36.6 Å². The molecule has 10 nitrogen and oxygen atoms in total. The van der Waals surface area contributed by atoms with Crippen LogP contribution in [0.5, 0.6) is 23.1 Å². The number of rotatable bonds is 8. The summed E-state index contributed by atoms with van der Waals surface area (Å²) in [6.45, 7) is 3.16. The first kappa shape index (κ1) is 26.1. The number of benzene rings is 2. The molecule has 6 rings (SSSR count). The maximum absolute atomic E-state index is 6.53. The second-order valence-corrected chi connectivity index (χ2v) is 9.94. The van der Waals surface area contributed by atoms with Crippen LogP contribution in [0.25, 0.3) is 21.8 Å². The number of hydrogen-bond donors (Lipinski definition) is 1. The van der Waals surface area contributed by atoms with Crippen molar-refractivity contribution in [3.8, 4) is 23.1 Å². The Bertz CT molecular complexity index is 1690. The quantitative estimate of drug-likeness (QED) is 0.214. The van der Waals surface area contributed by atoms with Crippen LogP contribution in [-0.4, -0.2) is 45.6 Å². The number of ether oxygens (including phenoxy) is 4. The maximum Gasteiger partial charge on any atom is 0.233 e. The second kappa shape index (κ2) is 11.1. The minimum Gasteiger partial charge on any atom is -0.497 e. The summed E-state index contributed by atoms with van der Waals surface area (Å²) >= 11 is 6.41. The molecule has 3 aromatic heterocycles. The van der Waals surface area contributed by atoms with Gasteiger partial charge in [0, 0.05) is 30.8 Å². The normalized spacial score (nSPS) is 15.3. The van der Waals surface area contributed by atoms with Gasteiger partial charge < -0.3 is 24.3 Å². The van der Waals surface area contributed by atoms with E-state index >= 15 is 0 Å². The van der Waals surface area contributed by atoms with Crippen LogP contribution in [0.3, 0.4) is 0 Å². The number of nitrogens with zero attached hydrogens (tertiary/aromatic N) is 5. The molecule has 1 saturated heterocycles. The monoisotopic (exact) mass is 560 g/mol. The van der Waals surface area contributed by atoms with Gasteiger partial charge in [0.1, 0.15) is 39.9 Å². The van der Waals surface area contributed by atoms with Crippen molar-refractivity contribution in [3.05, 3.63) is 65.2 Å². The molecule has 1 fully saturated rings. The van der Waals surface area contributed by atoms with Gasteiger partial charge in [-0.25, -0.2) is 19.6 Å². The van der Waals surface area contributed by atoms with Crippen molar-refractivity contribution in [3.63, 3.8) is 0 Å². The number of halogens is 1. The predicted octanol–water partition coefficient (Wildman–Crippen LogP) is 6.46. The van der Waals surface area contributed by atoms with E-state index in [1.807, 2.05) is 48.1 Å². The highest BCUT2D eigenvalue weighted by Gasteiger charge is 2.22. The van der Waals surface area contributed by atoms with Gasteiger partial charge >= 0.3 is 0 Å². The Hall–Kier alpha value is -4.15. The molecule has 40 heavy (non-hydrogen) atoms. The molecule has 4 heterocycles. The first-order chi connectivity index (χ1) is 19.6. The van der Waals surface area contributed by atoms with Gasteiger partial charge in [-0.3, -0.25) is 0 Å². The lowest BCUT2D eigenvalue weighted by Crippen LogP contribution is -2.18. The molecule has 5 aromatic rings. The molecule has 1 N–H and O–H groups in total. The highest BCUT2D eigenvalue weighted by Crippen LogP contribution is 2.39. The molecule has 0 bridgehead atoms. The highest BCUT2D eigenvalue weighted by atomic mass is 35.5. The molecule has 2 aromatic carbocycles. The summed E-state index contributed by atoms with van der Waals surface area (Å²) in [4.78, 5) is 13.5. The Morgan fingerprint density at radius 3 is 2.80 bits per heavy atom. The zero-order valence-electron chi connectivity index (χ0n) is 22.5. The van der Waals surface area contributed by atoms with E-state index < -0.39 is 0 Å². The van der Waals surface area contributed by atoms with Crippen molar-refractivity contribution in [2.24, 2.45) is 0 Å². The molecular weight excluding hydrogens is 532 g/mol. The Kier molecular flexibility index (Phi) is 7.27. The minimum atomic E-state index is -0.0916. The van der Waals surface area contributed by atoms with Crippen LogP contribution in [-0.2, 0) is 11.3 Å². The van der Waals surface area contributed by atoms with Crippen molar-refractivity contribution in [2.45, 2.75) is 39.0 Å². The number of methoxy groups -OCH3 is 2. The van der Waals surface area contributed by atoms with E-state index in [1.165, 1.54) is 6.33 Å². The number of pyridine rings is 1. The Morgan fingerprint density at radius 1 is 1.10 bits per heavy atom. The van der Waals surface area contributed by atoms with Gasteiger partial charge in [0.05, 0.1) is 36.8 Å². The summed E-state index contributed by atoms with van der Waals surface area (Å²) < 4.78 is 25.3. The molecule has 0 saturated carbocycles. The average molecular weight is 561 g/mol. The number of nitrogens with one attached hydrogen (secondary N) is 1. The zero-order chi connectivity index (χ0) is 27.6. The summed E-state index contributed by atoms with van der Waals surface area (Å²) in [6.07, 6.45) is 6.31. The summed E-state index contributed by atoms with van der Waals surface area (Å²) in [7, 11) is 3.25. The number of anilines is 1. The molecule has 0 radical (unpaired) electrons. The van der Waals surface area contributed by atoms with Crippen LogP contribution in [0, 0.1) is 6.92 Å². The number of aryl methyl sites for hydroxylation is 1. The molecule has 1 aliphatic heterocycles. The smallest absolute Gasteiger partial charge is 0.233 e. The topological polar surface area (TPSA) is 105 Å². The van der Waals surface area contributed by atoms with Crippen molar-refractivity contribution < 1.29 is 18.9 Å². The fourth-order valence-electron chi connectivity index (χ4n) is 4.99. The highest BCUT2D eigenvalue weighted by molar-refractivity contribution is 6.30. The Balaban J connectivity index is 1.38. The van der Waals surface area contributed by atoms with Crippen molar-refractivity contribution in [1.82, 2.24) is 24.7 Å². The maximum atomic E-state index is 6.53. The Labute approximate surface area is 236 Å². The van der Waals surface area contributed by atoms with Crippen LogP contribution in [0.15, 0.2) is 48.9 Å². The Morgan fingerprint density at radius 2 is 2.00 bits per heavy atom. The summed E-state index contributed by atoms with van der Waals surface area (Å²) in [5.41, 5.74) is 3.39. The zero-order valence-corrected chi connectivity index (χ0v) is 23.2. The summed E-state index contributed by atoms with van der Waals surface area (Å²) in [5.74, 6) is 2.90. The standard InChI is InChI=1S/C29H29ClN6O4/c1-17-7-10-22-20(15-34-36(22)25-6-4-5-11-39-25)27(17)40-29-26-21(13-24(30)35-29)32-16-33-28(26)31-14-18-8-9-19(37-2)12-23(18)38-3/h7-10,12-13,15-16,25H,4-6,11,14H2,1-3H3,(H,31,32,33). The number of hydrogen-bond acceptors (Lipinski definition) is 9. The van der Waals surface area contributed by atoms with E-state index in [4.69, 9.17) is 30.5 Å². The van der Waals surface area contributed by atoms with E-state index in [0.29, 0.717) is 46.4 Å². The van der Waals surface area contributed by atoms with Gasteiger partial charge in [-0.15, -0.1) is 0 Å². The van der Waals surface area contributed by atoms with E-state index in [2.05, 4.69) is 25.4 Å². The van der Waals surface area contributed by atoms with Gasteiger partial charge in [0.15, 0.2) is 6.23 Å². The van der Waals surface area contributed by atoms with E-state index in [9.17, 15) is 0 Å². The van der Waals surface area contributed by atoms with Crippen molar-refractivity contribution in [2.75, 3.05) is 26.1 Å². The molecule has 1 aliphatic rings. The molecule has 0 spiro atoms. The van der Waals surface area contributed by atoms with Gasteiger partial charge in [-0.05, 0) is 49.9 Å².